The molecule has 5 nitrogen and oxygen atoms in total. The number of rotatable bonds is 2. The SMILES string of the molecule is Cc1ccc(C(=O)Nc2cc(F)cc3c2OCC(=O)N3)cc1. The van der Waals surface area contributed by atoms with Crippen molar-refractivity contribution in [2.45, 2.75) is 6.92 Å². The second kappa shape index (κ2) is 5.48. The number of carbonyl (C=O) groups is 2. The molecule has 6 heteroatoms. The van der Waals surface area contributed by atoms with Crippen molar-refractivity contribution in [3.8, 4) is 5.75 Å². The Morgan fingerprint density at radius 1 is 1.27 bits per heavy atom. The largest absolute Gasteiger partial charge is 0.479 e. The average molecular weight is 300 g/mol. The molecule has 3 rings (SSSR count). The van der Waals surface area contributed by atoms with Crippen molar-refractivity contribution in [2.24, 2.45) is 0 Å². The maximum atomic E-state index is 13.6. The predicted molar refractivity (Wildman–Crippen MR) is 79.7 cm³/mol. The van der Waals surface area contributed by atoms with E-state index >= 15 is 0 Å². The lowest BCUT2D eigenvalue weighted by atomic mass is 10.1. The lowest BCUT2D eigenvalue weighted by Gasteiger charge is -2.21. The molecule has 112 valence electrons. The number of carbonyl (C=O) groups excluding carboxylic acids is 2. The van der Waals surface area contributed by atoms with Gasteiger partial charge in [0.15, 0.2) is 12.4 Å². The molecule has 2 amide bonds. The molecule has 0 aromatic heterocycles. The van der Waals surface area contributed by atoms with Crippen molar-refractivity contribution >= 4 is 23.2 Å². The van der Waals surface area contributed by atoms with Gasteiger partial charge in [-0.2, -0.15) is 0 Å². The first-order valence-electron chi connectivity index (χ1n) is 6.67. The van der Waals surface area contributed by atoms with Crippen LogP contribution >= 0.6 is 0 Å². The highest BCUT2D eigenvalue weighted by molar-refractivity contribution is 6.06. The van der Waals surface area contributed by atoms with Crippen LogP contribution < -0.4 is 15.4 Å². The standard InChI is InChI=1S/C16H13FN2O3/c1-9-2-4-10(5-3-9)16(21)19-13-7-11(17)6-12-15(13)22-8-14(20)18-12/h2-7H,8H2,1H3,(H,18,20)(H,19,21). The van der Waals surface area contributed by atoms with E-state index in [1.807, 2.05) is 19.1 Å². The topological polar surface area (TPSA) is 67.4 Å². The van der Waals surface area contributed by atoms with Gasteiger partial charge in [-0.05, 0) is 19.1 Å². The molecule has 0 saturated carbocycles. The lowest BCUT2D eigenvalue weighted by molar-refractivity contribution is -0.118. The minimum atomic E-state index is -0.580. The second-order valence-corrected chi connectivity index (χ2v) is 4.99. The third-order valence-corrected chi connectivity index (χ3v) is 3.24. The first-order valence-corrected chi connectivity index (χ1v) is 6.67. The zero-order valence-corrected chi connectivity index (χ0v) is 11.8. The van der Waals surface area contributed by atoms with E-state index in [1.165, 1.54) is 0 Å². The van der Waals surface area contributed by atoms with Gasteiger partial charge in [0.05, 0.1) is 11.4 Å². The van der Waals surface area contributed by atoms with Gasteiger partial charge in [-0.25, -0.2) is 4.39 Å². The quantitative estimate of drug-likeness (QED) is 0.896. The number of halogens is 1. The van der Waals surface area contributed by atoms with Crippen LogP contribution in [-0.4, -0.2) is 18.4 Å². The van der Waals surface area contributed by atoms with Crippen LogP contribution in [0.3, 0.4) is 0 Å². The van der Waals surface area contributed by atoms with Gasteiger partial charge in [-0.1, -0.05) is 17.7 Å². The van der Waals surface area contributed by atoms with Crippen molar-refractivity contribution < 1.29 is 18.7 Å². The molecule has 1 aliphatic heterocycles. The van der Waals surface area contributed by atoms with Gasteiger partial charge in [0.1, 0.15) is 5.82 Å². The highest BCUT2D eigenvalue weighted by Gasteiger charge is 2.22. The Morgan fingerprint density at radius 3 is 2.73 bits per heavy atom. The molecule has 2 aromatic rings. The maximum Gasteiger partial charge on any atom is 0.262 e. The van der Waals surface area contributed by atoms with E-state index in [0.29, 0.717) is 5.56 Å². The van der Waals surface area contributed by atoms with Crippen LogP contribution in [0, 0.1) is 12.7 Å². The summed E-state index contributed by atoms with van der Waals surface area (Å²) >= 11 is 0. The zero-order chi connectivity index (χ0) is 15.7. The number of hydrogen-bond donors (Lipinski definition) is 2. The summed E-state index contributed by atoms with van der Waals surface area (Å²) in [5.74, 6) is -1.08. The molecule has 0 aliphatic carbocycles. The number of fused-ring (bicyclic) bond motifs is 1. The fraction of sp³-hybridized carbons (Fsp3) is 0.125. The van der Waals surface area contributed by atoms with Crippen molar-refractivity contribution in [3.05, 3.63) is 53.3 Å². The van der Waals surface area contributed by atoms with Crippen LogP contribution in [0.25, 0.3) is 0 Å². The van der Waals surface area contributed by atoms with Gasteiger partial charge >= 0.3 is 0 Å². The Balaban J connectivity index is 1.90. The molecular formula is C16H13FN2O3. The Kier molecular flexibility index (Phi) is 3.50. The third kappa shape index (κ3) is 2.76. The molecule has 0 atom stereocenters. The maximum absolute atomic E-state index is 13.6. The summed E-state index contributed by atoms with van der Waals surface area (Å²) in [5.41, 5.74) is 1.87. The number of benzene rings is 2. The van der Waals surface area contributed by atoms with E-state index in [0.717, 1.165) is 17.7 Å². The minimum Gasteiger partial charge on any atom is -0.479 e. The summed E-state index contributed by atoms with van der Waals surface area (Å²) in [5, 5.41) is 5.11. The molecule has 0 fully saturated rings. The highest BCUT2D eigenvalue weighted by Crippen LogP contribution is 2.36. The number of nitrogens with one attached hydrogen (secondary N) is 2. The van der Waals surface area contributed by atoms with Crippen molar-refractivity contribution in [2.75, 3.05) is 17.2 Å². The molecule has 1 heterocycles. The molecular weight excluding hydrogens is 287 g/mol. The molecule has 0 radical (unpaired) electrons. The van der Waals surface area contributed by atoms with Crippen LogP contribution in [0.4, 0.5) is 15.8 Å². The molecule has 2 N–H and O–H groups in total. The number of anilines is 2. The van der Waals surface area contributed by atoms with Crippen LogP contribution in [0.5, 0.6) is 5.75 Å². The monoisotopic (exact) mass is 300 g/mol. The number of amides is 2. The summed E-state index contributed by atoms with van der Waals surface area (Å²) in [7, 11) is 0. The highest BCUT2D eigenvalue weighted by atomic mass is 19.1. The Hall–Kier alpha value is -2.89. The van der Waals surface area contributed by atoms with Crippen molar-refractivity contribution in [1.29, 1.82) is 0 Å². The number of hydrogen-bond acceptors (Lipinski definition) is 3. The van der Waals surface area contributed by atoms with E-state index in [1.54, 1.807) is 12.1 Å². The van der Waals surface area contributed by atoms with Crippen LogP contribution in [0.2, 0.25) is 0 Å². The average Bonchev–Trinajstić information content (AvgIpc) is 2.47. The smallest absolute Gasteiger partial charge is 0.262 e. The molecule has 22 heavy (non-hydrogen) atoms. The van der Waals surface area contributed by atoms with Crippen molar-refractivity contribution in [3.63, 3.8) is 0 Å². The fourth-order valence-electron chi connectivity index (χ4n) is 2.16. The summed E-state index contributed by atoms with van der Waals surface area (Å²) < 4.78 is 18.9. The minimum absolute atomic E-state index is 0.175. The Morgan fingerprint density at radius 2 is 2.00 bits per heavy atom. The van der Waals surface area contributed by atoms with Gasteiger partial charge in [0.25, 0.3) is 11.8 Å². The second-order valence-electron chi connectivity index (χ2n) is 4.99. The Bertz CT molecular complexity index is 757. The van der Waals surface area contributed by atoms with E-state index in [4.69, 9.17) is 4.74 Å². The lowest BCUT2D eigenvalue weighted by Crippen LogP contribution is -2.26. The molecule has 0 bridgehead atoms. The van der Waals surface area contributed by atoms with Crippen LogP contribution in [0.15, 0.2) is 36.4 Å². The van der Waals surface area contributed by atoms with Crippen molar-refractivity contribution in [1.82, 2.24) is 0 Å². The number of aryl methyl sites for hydroxylation is 1. The summed E-state index contributed by atoms with van der Waals surface area (Å²) in [4.78, 5) is 23.5. The third-order valence-electron chi connectivity index (χ3n) is 3.24. The van der Waals surface area contributed by atoms with Gasteiger partial charge in [-0.3, -0.25) is 9.59 Å². The van der Waals surface area contributed by atoms with Gasteiger partial charge in [0, 0.05) is 17.7 Å². The zero-order valence-electron chi connectivity index (χ0n) is 11.8. The molecule has 2 aromatic carbocycles. The predicted octanol–water partition coefficient (Wildman–Crippen LogP) is 2.72. The first-order chi connectivity index (χ1) is 10.5. The Labute approximate surface area is 126 Å². The van der Waals surface area contributed by atoms with E-state index in [9.17, 15) is 14.0 Å². The fourth-order valence-corrected chi connectivity index (χ4v) is 2.16. The van der Waals surface area contributed by atoms with Gasteiger partial charge < -0.3 is 15.4 Å². The van der Waals surface area contributed by atoms with Gasteiger partial charge in [-0.15, -0.1) is 0 Å². The van der Waals surface area contributed by atoms with Gasteiger partial charge in [0.2, 0.25) is 0 Å². The van der Waals surface area contributed by atoms with Crippen LogP contribution in [0.1, 0.15) is 15.9 Å². The first kappa shape index (κ1) is 14.1. The van der Waals surface area contributed by atoms with E-state index in [-0.39, 0.29) is 35.5 Å². The van der Waals surface area contributed by atoms with Crippen LogP contribution in [-0.2, 0) is 4.79 Å². The summed E-state index contributed by atoms with van der Waals surface area (Å²) in [6.07, 6.45) is 0. The normalized spacial score (nSPS) is 12.9. The molecule has 0 saturated heterocycles. The summed E-state index contributed by atoms with van der Waals surface area (Å²) in [6.45, 7) is 1.74. The molecule has 1 aliphatic rings. The molecule has 0 spiro atoms. The van der Waals surface area contributed by atoms with E-state index < -0.39 is 5.82 Å². The number of ether oxygens (including phenoxy) is 1. The van der Waals surface area contributed by atoms with E-state index in [2.05, 4.69) is 10.6 Å². The summed E-state index contributed by atoms with van der Waals surface area (Å²) in [6, 6.07) is 9.29. The molecule has 0 unspecified atom stereocenters.